The highest BCUT2D eigenvalue weighted by atomic mass is 14.2. The Bertz CT molecular complexity index is 130. The average molecular weight is 137 g/mol. The lowest BCUT2D eigenvalue weighted by atomic mass is 10.0. The zero-order chi connectivity index (χ0) is 7.82. The Hall–Kier alpha value is -0.770. The van der Waals surface area contributed by atoms with Gasteiger partial charge in [-0.05, 0) is 25.7 Å². The molecule has 1 nitrogen and oxygen atoms in total. The van der Waals surface area contributed by atoms with Crippen LogP contribution in [-0.2, 0) is 0 Å². The molecule has 0 saturated heterocycles. The topological polar surface area (TPSA) is 23.8 Å². The third kappa shape index (κ3) is 5.37. The molecular formula is C9H15N. The predicted octanol–water partition coefficient (Wildman–Crippen LogP) is 2.89. The van der Waals surface area contributed by atoms with Gasteiger partial charge in [-0.2, -0.15) is 5.26 Å². The Kier molecular flexibility index (Phi) is 5.86. The van der Waals surface area contributed by atoms with E-state index in [1.807, 2.05) is 6.92 Å². The van der Waals surface area contributed by atoms with Crippen molar-refractivity contribution in [3.63, 3.8) is 0 Å². The van der Waals surface area contributed by atoms with Gasteiger partial charge in [0, 0.05) is 6.42 Å². The SMILES string of the molecule is C/C=C/C[C@@H](C)CCC#N. The van der Waals surface area contributed by atoms with Gasteiger partial charge in [-0.15, -0.1) is 0 Å². The second-order valence-corrected chi connectivity index (χ2v) is 2.61. The summed E-state index contributed by atoms with van der Waals surface area (Å²) in [6, 6.07) is 2.15. The van der Waals surface area contributed by atoms with Gasteiger partial charge in [0.25, 0.3) is 0 Å². The van der Waals surface area contributed by atoms with Gasteiger partial charge in [0.2, 0.25) is 0 Å². The van der Waals surface area contributed by atoms with Crippen molar-refractivity contribution >= 4 is 0 Å². The van der Waals surface area contributed by atoms with Crippen molar-refractivity contribution in [2.24, 2.45) is 5.92 Å². The van der Waals surface area contributed by atoms with Gasteiger partial charge in [0.1, 0.15) is 0 Å². The highest BCUT2D eigenvalue weighted by Gasteiger charge is 1.96. The predicted molar refractivity (Wildman–Crippen MR) is 43.4 cm³/mol. The minimum Gasteiger partial charge on any atom is -0.198 e. The van der Waals surface area contributed by atoms with E-state index in [1.165, 1.54) is 0 Å². The molecule has 0 bridgehead atoms. The Morgan fingerprint density at radius 1 is 1.60 bits per heavy atom. The molecule has 0 heterocycles. The van der Waals surface area contributed by atoms with Crippen LogP contribution in [0.25, 0.3) is 0 Å². The van der Waals surface area contributed by atoms with E-state index in [0.717, 1.165) is 12.8 Å². The standard InChI is InChI=1S/C9H15N/c1-3-4-6-9(2)7-5-8-10/h3-4,9H,5-7H2,1-2H3/b4-3+/t9-/m1/s1. The van der Waals surface area contributed by atoms with Gasteiger partial charge < -0.3 is 0 Å². The lowest BCUT2D eigenvalue weighted by molar-refractivity contribution is 0.549. The molecule has 0 amide bonds. The highest BCUT2D eigenvalue weighted by molar-refractivity contribution is 4.80. The van der Waals surface area contributed by atoms with Crippen LogP contribution in [0.2, 0.25) is 0 Å². The molecule has 1 heteroatoms. The van der Waals surface area contributed by atoms with Gasteiger partial charge in [-0.25, -0.2) is 0 Å². The van der Waals surface area contributed by atoms with Gasteiger partial charge in [-0.1, -0.05) is 19.1 Å². The van der Waals surface area contributed by atoms with Gasteiger partial charge >= 0.3 is 0 Å². The minimum atomic E-state index is 0.663. The molecule has 0 rings (SSSR count). The summed E-state index contributed by atoms with van der Waals surface area (Å²) in [5.74, 6) is 0.663. The highest BCUT2D eigenvalue weighted by Crippen LogP contribution is 2.09. The van der Waals surface area contributed by atoms with Crippen molar-refractivity contribution in [3.05, 3.63) is 12.2 Å². The van der Waals surface area contributed by atoms with Crippen LogP contribution < -0.4 is 0 Å². The zero-order valence-corrected chi connectivity index (χ0v) is 6.80. The summed E-state index contributed by atoms with van der Waals surface area (Å²) in [5.41, 5.74) is 0. The maximum absolute atomic E-state index is 8.27. The Morgan fingerprint density at radius 3 is 2.80 bits per heavy atom. The molecule has 56 valence electrons. The second kappa shape index (κ2) is 6.35. The Balaban J connectivity index is 3.26. The molecule has 0 radical (unpaired) electrons. The van der Waals surface area contributed by atoms with E-state index in [1.54, 1.807) is 0 Å². The van der Waals surface area contributed by atoms with E-state index in [0.29, 0.717) is 12.3 Å². The molecule has 0 aromatic rings. The second-order valence-electron chi connectivity index (χ2n) is 2.61. The molecular weight excluding hydrogens is 122 g/mol. The average Bonchev–Trinajstić information content (AvgIpc) is 1.97. The molecule has 0 aliphatic heterocycles. The van der Waals surface area contributed by atoms with Crippen LogP contribution in [0.5, 0.6) is 0 Å². The van der Waals surface area contributed by atoms with Crippen molar-refractivity contribution in [2.45, 2.75) is 33.1 Å². The zero-order valence-electron chi connectivity index (χ0n) is 6.80. The van der Waals surface area contributed by atoms with Crippen molar-refractivity contribution < 1.29 is 0 Å². The van der Waals surface area contributed by atoms with Crippen LogP contribution in [0.4, 0.5) is 0 Å². The monoisotopic (exact) mass is 137 g/mol. The number of nitriles is 1. The summed E-state index contributed by atoms with van der Waals surface area (Å²) in [7, 11) is 0. The largest absolute Gasteiger partial charge is 0.198 e. The number of nitrogens with zero attached hydrogens (tertiary/aromatic N) is 1. The number of hydrogen-bond donors (Lipinski definition) is 0. The molecule has 0 fully saturated rings. The maximum Gasteiger partial charge on any atom is 0.0621 e. The number of allylic oxidation sites excluding steroid dienone is 2. The molecule has 0 spiro atoms. The van der Waals surface area contributed by atoms with E-state index in [2.05, 4.69) is 25.1 Å². The van der Waals surface area contributed by atoms with E-state index in [-0.39, 0.29) is 0 Å². The van der Waals surface area contributed by atoms with Gasteiger partial charge in [0.05, 0.1) is 6.07 Å². The minimum absolute atomic E-state index is 0.663. The molecule has 0 aromatic carbocycles. The first-order valence-electron chi connectivity index (χ1n) is 3.79. The lowest BCUT2D eigenvalue weighted by Gasteiger charge is -2.03. The van der Waals surface area contributed by atoms with E-state index in [9.17, 15) is 0 Å². The molecule has 0 aromatic heterocycles. The van der Waals surface area contributed by atoms with E-state index < -0.39 is 0 Å². The van der Waals surface area contributed by atoms with Crippen LogP contribution in [-0.4, -0.2) is 0 Å². The van der Waals surface area contributed by atoms with Crippen molar-refractivity contribution in [3.8, 4) is 6.07 Å². The summed E-state index contributed by atoms with van der Waals surface area (Å²) in [4.78, 5) is 0. The summed E-state index contributed by atoms with van der Waals surface area (Å²) in [6.45, 7) is 4.20. The van der Waals surface area contributed by atoms with Crippen LogP contribution in [0.15, 0.2) is 12.2 Å². The Labute approximate surface area is 63.4 Å². The van der Waals surface area contributed by atoms with Crippen LogP contribution in [0.1, 0.15) is 33.1 Å². The molecule has 1 atom stereocenters. The first-order chi connectivity index (χ1) is 4.81. The first kappa shape index (κ1) is 9.23. The van der Waals surface area contributed by atoms with Gasteiger partial charge in [0.15, 0.2) is 0 Å². The summed E-state index contributed by atoms with van der Waals surface area (Å²) in [5, 5.41) is 8.27. The van der Waals surface area contributed by atoms with E-state index >= 15 is 0 Å². The smallest absolute Gasteiger partial charge is 0.0621 e. The lowest BCUT2D eigenvalue weighted by Crippen LogP contribution is -1.90. The van der Waals surface area contributed by atoms with Crippen molar-refractivity contribution in [1.82, 2.24) is 0 Å². The van der Waals surface area contributed by atoms with Crippen LogP contribution in [0.3, 0.4) is 0 Å². The molecule has 0 aliphatic rings. The van der Waals surface area contributed by atoms with Crippen molar-refractivity contribution in [2.75, 3.05) is 0 Å². The maximum atomic E-state index is 8.27. The van der Waals surface area contributed by atoms with E-state index in [4.69, 9.17) is 5.26 Å². The third-order valence-corrected chi connectivity index (χ3v) is 1.52. The molecule has 10 heavy (non-hydrogen) atoms. The normalized spacial score (nSPS) is 13.3. The number of rotatable bonds is 4. The molecule has 0 saturated carbocycles. The molecule has 0 unspecified atom stereocenters. The fourth-order valence-electron chi connectivity index (χ4n) is 0.797. The van der Waals surface area contributed by atoms with Crippen LogP contribution in [0, 0.1) is 17.2 Å². The third-order valence-electron chi connectivity index (χ3n) is 1.52. The fourth-order valence-corrected chi connectivity index (χ4v) is 0.797. The molecule has 0 N–H and O–H groups in total. The number of hydrogen-bond acceptors (Lipinski definition) is 1. The quantitative estimate of drug-likeness (QED) is 0.546. The summed E-state index contributed by atoms with van der Waals surface area (Å²) >= 11 is 0. The Morgan fingerprint density at radius 2 is 2.30 bits per heavy atom. The van der Waals surface area contributed by atoms with Gasteiger partial charge in [-0.3, -0.25) is 0 Å². The summed E-state index contributed by atoms with van der Waals surface area (Å²) < 4.78 is 0. The molecule has 0 aliphatic carbocycles. The first-order valence-corrected chi connectivity index (χ1v) is 3.79. The summed E-state index contributed by atoms with van der Waals surface area (Å²) in [6.07, 6.45) is 7.04. The van der Waals surface area contributed by atoms with Crippen LogP contribution >= 0.6 is 0 Å². The fraction of sp³-hybridized carbons (Fsp3) is 0.667. The van der Waals surface area contributed by atoms with Crippen molar-refractivity contribution in [1.29, 1.82) is 5.26 Å².